The molecule has 7 heteroatoms. The molecule has 0 bridgehead atoms. The molecule has 4 nitrogen and oxygen atoms in total. The highest BCUT2D eigenvalue weighted by molar-refractivity contribution is 9.06. The summed E-state index contributed by atoms with van der Waals surface area (Å²) in [7, 11) is -3.42. The molecule has 0 aliphatic heterocycles. The Balaban J connectivity index is 4.14. The summed E-state index contributed by atoms with van der Waals surface area (Å²) in [5.74, 6) is 0. The Labute approximate surface area is 59.6 Å². The molecule has 0 saturated heterocycles. The molecule has 0 aliphatic carbocycles. The monoisotopic (exact) mass is 180 g/mol. The molecule has 0 N–H and O–H groups in total. The highest BCUT2D eigenvalue weighted by Gasteiger charge is 2.10. The Kier molecular flexibility index (Phi) is 3.47. The zero-order chi connectivity index (χ0) is 7.33. The van der Waals surface area contributed by atoms with Crippen molar-refractivity contribution in [2.24, 2.45) is 0 Å². The number of thiocyanates is 2. The number of nitrogens with zero attached hydrogens (tertiary/aromatic N) is 2. The first-order valence-corrected chi connectivity index (χ1v) is 5.67. The van der Waals surface area contributed by atoms with Gasteiger partial charge in [0, 0.05) is 0 Å². The van der Waals surface area contributed by atoms with Gasteiger partial charge >= 0.3 is 0 Å². The first kappa shape index (κ1) is 8.63. The summed E-state index contributed by atoms with van der Waals surface area (Å²) in [6, 6.07) is 0. The molecular weight excluding hydrogens is 180 g/mol. The van der Waals surface area contributed by atoms with E-state index < -0.39 is 7.90 Å². The Morgan fingerprint density at radius 2 is 1.44 bits per heavy atom. The van der Waals surface area contributed by atoms with Gasteiger partial charge in [0.15, 0.2) is 10.8 Å². The van der Waals surface area contributed by atoms with Crippen LogP contribution in [0.3, 0.4) is 0 Å². The smallest absolute Gasteiger partial charge is 0.204 e. The highest BCUT2D eigenvalue weighted by atomic mass is 33.5. The van der Waals surface area contributed by atoms with Crippen LogP contribution in [0.5, 0.6) is 0 Å². The molecule has 48 valence electrons. The molecule has 0 aromatic rings. The van der Waals surface area contributed by atoms with E-state index in [9.17, 15) is 8.42 Å². The van der Waals surface area contributed by atoms with Crippen LogP contribution in [0.15, 0.2) is 0 Å². The fourth-order valence-electron chi connectivity index (χ4n) is 0.108. The normalized spacial score (nSPS) is 9.56. The lowest BCUT2D eigenvalue weighted by Crippen LogP contribution is -1.79. The largest absolute Gasteiger partial charge is 0.281 e. The lowest BCUT2D eigenvalue weighted by atomic mass is 11.8. The molecule has 0 saturated carbocycles. The van der Waals surface area contributed by atoms with Gasteiger partial charge in [-0.15, -0.1) is 0 Å². The fraction of sp³-hybridized carbons (Fsp3) is 0. The van der Waals surface area contributed by atoms with E-state index in [-0.39, 0.29) is 21.6 Å². The molecule has 0 rings (SSSR count). The Hall–Kier alpha value is -0.370. The first-order chi connectivity index (χ1) is 4.12. The summed E-state index contributed by atoms with van der Waals surface area (Å²) in [5, 5.41) is 18.4. The molecule has 0 radical (unpaired) electrons. The van der Waals surface area contributed by atoms with Crippen LogP contribution >= 0.6 is 21.6 Å². The van der Waals surface area contributed by atoms with Crippen molar-refractivity contribution in [1.82, 2.24) is 0 Å². The fourth-order valence-corrected chi connectivity index (χ4v) is 1.83. The van der Waals surface area contributed by atoms with E-state index in [0.29, 0.717) is 0 Å². The van der Waals surface area contributed by atoms with E-state index in [1.807, 2.05) is 0 Å². The summed E-state index contributed by atoms with van der Waals surface area (Å²) >= 11 is 0. The lowest BCUT2D eigenvalue weighted by molar-refractivity contribution is 0.623. The molecule has 0 unspecified atom stereocenters. The summed E-state index contributed by atoms with van der Waals surface area (Å²) in [5.41, 5.74) is 0. The van der Waals surface area contributed by atoms with Gasteiger partial charge < -0.3 is 0 Å². The van der Waals surface area contributed by atoms with Crippen LogP contribution in [0.4, 0.5) is 0 Å². The summed E-state index contributed by atoms with van der Waals surface area (Å²) in [4.78, 5) is 0. The quantitative estimate of drug-likeness (QED) is 0.458. The van der Waals surface area contributed by atoms with Gasteiger partial charge in [0.2, 0.25) is 0 Å². The van der Waals surface area contributed by atoms with Gasteiger partial charge in [-0.25, -0.2) is 8.42 Å². The van der Waals surface area contributed by atoms with Crippen LogP contribution in [0.1, 0.15) is 0 Å². The third-order valence-corrected chi connectivity index (χ3v) is 3.73. The highest BCUT2D eigenvalue weighted by Crippen LogP contribution is 2.23. The van der Waals surface area contributed by atoms with Gasteiger partial charge in [-0.3, -0.25) is 0 Å². The topological polar surface area (TPSA) is 81.7 Å². The molecule has 0 aromatic carbocycles. The first-order valence-electron chi connectivity index (χ1n) is 1.52. The van der Waals surface area contributed by atoms with Crippen LogP contribution < -0.4 is 0 Å². The van der Waals surface area contributed by atoms with E-state index >= 15 is 0 Å². The maximum absolute atomic E-state index is 10.3. The van der Waals surface area contributed by atoms with Crippen LogP contribution in [0.2, 0.25) is 0 Å². The number of hydrogen-bond acceptors (Lipinski definition) is 6. The van der Waals surface area contributed by atoms with Gasteiger partial charge in [-0.1, -0.05) is 0 Å². The maximum atomic E-state index is 10.3. The maximum Gasteiger partial charge on any atom is 0.281 e. The molecule has 0 fully saturated rings. The Morgan fingerprint density at radius 3 is 1.67 bits per heavy atom. The van der Waals surface area contributed by atoms with Crippen LogP contribution in [-0.2, 0) is 7.90 Å². The molecular formula is C2N2O2S3. The molecule has 9 heavy (non-hydrogen) atoms. The molecule has 0 aliphatic rings. The molecule has 0 amide bonds. The van der Waals surface area contributed by atoms with Crippen molar-refractivity contribution in [3.63, 3.8) is 0 Å². The van der Waals surface area contributed by atoms with Crippen molar-refractivity contribution < 1.29 is 8.42 Å². The molecule has 0 spiro atoms. The Morgan fingerprint density at radius 1 is 1.11 bits per heavy atom. The molecule has 0 heterocycles. The minimum absolute atomic E-state index is 0.0764. The van der Waals surface area contributed by atoms with Crippen molar-refractivity contribution in [3.05, 3.63) is 0 Å². The number of hydrogen-bond donors (Lipinski definition) is 0. The van der Waals surface area contributed by atoms with Gasteiger partial charge in [0.1, 0.15) is 0 Å². The summed E-state index contributed by atoms with van der Waals surface area (Å²) < 4.78 is 20.6. The van der Waals surface area contributed by atoms with Crippen LogP contribution in [0, 0.1) is 21.3 Å². The Bertz CT molecular complexity index is 233. The molecule has 0 aromatic heterocycles. The predicted molar refractivity (Wildman–Crippen MR) is 35.3 cm³/mol. The minimum Gasteiger partial charge on any atom is -0.204 e. The molecule has 0 atom stereocenters. The minimum atomic E-state index is -3.57. The van der Waals surface area contributed by atoms with Gasteiger partial charge in [-0.05, 0) is 0 Å². The average Bonchev–Trinajstić information content (AvgIpc) is 1.64. The summed E-state index contributed by atoms with van der Waals surface area (Å²) in [6.07, 6.45) is 0. The van der Waals surface area contributed by atoms with Gasteiger partial charge in [-0.2, -0.15) is 10.5 Å². The van der Waals surface area contributed by atoms with Crippen molar-refractivity contribution >= 4 is 29.5 Å². The van der Waals surface area contributed by atoms with E-state index in [1.54, 1.807) is 0 Å². The number of rotatable bonds is 2. The van der Waals surface area contributed by atoms with Gasteiger partial charge in [0.05, 0.1) is 21.6 Å². The second kappa shape index (κ2) is 3.62. The second-order valence-corrected chi connectivity index (χ2v) is 6.54. The second-order valence-electron chi connectivity index (χ2n) is 0.757. The zero-order valence-electron chi connectivity index (χ0n) is 3.94. The zero-order valence-corrected chi connectivity index (χ0v) is 6.39. The third-order valence-electron chi connectivity index (χ3n) is 0.279. The van der Waals surface area contributed by atoms with Crippen LogP contribution in [0.25, 0.3) is 0 Å². The lowest BCUT2D eigenvalue weighted by Gasteiger charge is -1.82. The summed E-state index contributed by atoms with van der Waals surface area (Å²) in [6.45, 7) is 0. The van der Waals surface area contributed by atoms with Crippen molar-refractivity contribution in [2.45, 2.75) is 0 Å². The van der Waals surface area contributed by atoms with E-state index in [0.717, 1.165) is 0 Å². The predicted octanol–water partition coefficient (Wildman–Crippen LogP) is 0.660. The van der Waals surface area contributed by atoms with Crippen molar-refractivity contribution in [2.75, 3.05) is 0 Å². The van der Waals surface area contributed by atoms with Crippen molar-refractivity contribution in [3.8, 4) is 10.8 Å². The number of nitriles is 2. The van der Waals surface area contributed by atoms with Crippen LogP contribution in [-0.4, -0.2) is 8.42 Å². The van der Waals surface area contributed by atoms with E-state index in [2.05, 4.69) is 0 Å². The van der Waals surface area contributed by atoms with Gasteiger partial charge in [0.25, 0.3) is 7.90 Å². The third kappa shape index (κ3) is 4.15. The van der Waals surface area contributed by atoms with Crippen molar-refractivity contribution in [1.29, 1.82) is 10.5 Å². The average molecular weight is 180 g/mol. The SMILES string of the molecule is N#CSS(=O)(=O)SC#N. The van der Waals surface area contributed by atoms with E-state index in [1.165, 1.54) is 10.8 Å². The standard InChI is InChI=1S/C2N2O2S3/c3-1-7-9(5,6)8-2-4. The van der Waals surface area contributed by atoms with E-state index in [4.69, 9.17) is 10.5 Å².